The Kier molecular flexibility index (Phi) is 6.22. The quantitative estimate of drug-likeness (QED) is 0.385. The van der Waals surface area contributed by atoms with Gasteiger partial charge >= 0.3 is 12.2 Å². The first kappa shape index (κ1) is 22.9. The van der Waals surface area contributed by atoms with Crippen LogP contribution in [0.1, 0.15) is 20.8 Å². The van der Waals surface area contributed by atoms with E-state index in [4.69, 9.17) is 19.7 Å². The molecule has 178 valence electrons. The van der Waals surface area contributed by atoms with Crippen LogP contribution in [0.2, 0.25) is 0 Å². The van der Waals surface area contributed by atoms with E-state index < -0.39 is 29.7 Å². The highest BCUT2D eigenvalue weighted by atomic mass is 19.1. The number of hydrogen-bond acceptors (Lipinski definition) is 7. The van der Waals surface area contributed by atoms with Gasteiger partial charge in [-0.1, -0.05) is 5.11 Å². The number of amides is 2. The number of halogens is 1. The van der Waals surface area contributed by atoms with E-state index in [1.807, 2.05) is 25.7 Å². The Morgan fingerprint density at radius 3 is 2.82 bits per heavy atom. The number of cyclic esters (lactones) is 1. The molecule has 11 nitrogen and oxygen atoms in total. The van der Waals surface area contributed by atoms with Crippen LogP contribution in [0.5, 0.6) is 0 Å². The Labute approximate surface area is 190 Å². The molecule has 3 saturated heterocycles. The largest absolute Gasteiger partial charge is 0.444 e. The van der Waals surface area contributed by atoms with Gasteiger partial charge in [-0.2, -0.15) is 0 Å². The lowest BCUT2D eigenvalue weighted by atomic mass is 10.1. The Balaban J connectivity index is 1.48. The van der Waals surface area contributed by atoms with Crippen molar-refractivity contribution in [3.8, 4) is 0 Å². The molecule has 3 unspecified atom stereocenters. The van der Waals surface area contributed by atoms with Crippen molar-refractivity contribution in [1.82, 2.24) is 4.90 Å². The van der Waals surface area contributed by atoms with Gasteiger partial charge in [-0.05, 0) is 44.5 Å². The van der Waals surface area contributed by atoms with Gasteiger partial charge in [-0.25, -0.2) is 14.0 Å². The van der Waals surface area contributed by atoms with Crippen LogP contribution in [0.15, 0.2) is 23.3 Å². The summed E-state index contributed by atoms with van der Waals surface area (Å²) in [5.74, 6) is -0.491. The molecule has 1 aromatic rings. The molecule has 2 amide bonds. The fraction of sp³-hybridized carbons (Fsp3) is 0.619. The lowest BCUT2D eigenvalue weighted by molar-refractivity contribution is 0.0162. The average molecular weight is 462 g/mol. The van der Waals surface area contributed by atoms with Gasteiger partial charge in [0.15, 0.2) is 0 Å². The Morgan fingerprint density at radius 1 is 1.33 bits per heavy atom. The summed E-state index contributed by atoms with van der Waals surface area (Å²) < 4.78 is 31.7. The fourth-order valence-electron chi connectivity index (χ4n) is 4.31. The monoisotopic (exact) mass is 462 g/mol. The smallest absolute Gasteiger partial charge is 0.414 e. The first-order valence-electron chi connectivity index (χ1n) is 10.8. The highest BCUT2D eigenvalue weighted by molar-refractivity contribution is 5.90. The summed E-state index contributed by atoms with van der Waals surface area (Å²) in [6.45, 7) is 7.23. The number of ether oxygens (including phenoxy) is 3. The van der Waals surface area contributed by atoms with E-state index in [-0.39, 0.29) is 25.2 Å². The number of fused-ring (bicyclic) bond motifs is 1. The van der Waals surface area contributed by atoms with Crippen LogP contribution in [-0.2, 0) is 14.2 Å². The third-order valence-electron chi connectivity index (χ3n) is 5.73. The zero-order valence-electron chi connectivity index (χ0n) is 18.8. The van der Waals surface area contributed by atoms with Crippen molar-refractivity contribution in [2.24, 2.45) is 5.11 Å². The zero-order valence-corrected chi connectivity index (χ0v) is 18.8. The number of hydrogen-bond donors (Lipinski definition) is 0. The van der Waals surface area contributed by atoms with Crippen molar-refractivity contribution in [2.75, 3.05) is 49.1 Å². The third-order valence-corrected chi connectivity index (χ3v) is 5.73. The van der Waals surface area contributed by atoms with E-state index in [1.54, 1.807) is 17.0 Å². The Hall–Kier alpha value is -3.24. The summed E-state index contributed by atoms with van der Waals surface area (Å²) in [5.41, 5.74) is 8.57. The molecule has 0 N–H and O–H groups in total. The van der Waals surface area contributed by atoms with Crippen molar-refractivity contribution in [3.63, 3.8) is 0 Å². The number of nitrogens with zero attached hydrogens (tertiary/aromatic N) is 6. The van der Waals surface area contributed by atoms with Crippen LogP contribution in [0.3, 0.4) is 0 Å². The molecule has 3 aliphatic heterocycles. The van der Waals surface area contributed by atoms with E-state index in [2.05, 4.69) is 10.0 Å². The van der Waals surface area contributed by atoms with Gasteiger partial charge in [0.25, 0.3) is 0 Å². The number of carbonyl (C=O) groups excluding carboxylic acids is 2. The molecule has 1 aromatic carbocycles. The minimum absolute atomic E-state index is 0.0182. The molecule has 0 spiro atoms. The molecule has 0 saturated carbocycles. The molecular weight excluding hydrogens is 435 g/mol. The number of azide groups is 1. The van der Waals surface area contributed by atoms with E-state index in [1.165, 1.54) is 11.0 Å². The van der Waals surface area contributed by atoms with E-state index in [0.29, 0.717) is 37.6 Å². The normalized spacial score (nSPS) is 24.9. The van der Waals surface area contributed by atoms with E-state index in [9.17, 15) is 9.59 Å². The summed E-state index contributed by atoms with van der Waals surface area (Å²) in [6, 6.07) is 4.35. The van der Waals surface area contributed by atoms with Gasteiger partial charge < -0.3 is 24.0 Å². The summed E-state index contributed by atoms with van der Waals surface area (Å²) in [6.07, 6.45) is -1.86. The molecule has 3 heterocycles. The second-order valence-corrected chi connectivity index (χ2v) is 9.22. The lowest BCUT2D eigenvalue weighted by Crippen LogP contribution is -2.51. The van der Waals surface area contributed by atoms with Crippen molar-refractivity contribution in [3.05, 3.63) is 34.5 Å². The van der Waals surface area contributed by atoms with Crippen molar-refractivity contribution in [2.45, 2.75) is 44.6 Å². The Bertz CT molecular complexity index is 978. The van der Waals surface area contributed by atoms with Gasteiger partial charge in [0.1, 0.15) is 17.5 Å². The molecular formula is C21H27FN6O5. The summed E-state index contributed by atoms with van der Waals surface area (Å²) in [7, 11) is 0. The van der Waals surface area contributed by atoms with Crippen LogP contribution in [0.25, 0.3) is 10.4 Å². The van der Waals surface area contributed by atoms with Gasteiger partial charge in [-0.3, -0.25) is 4.90 Å². The number of morpholine rings is 1. The van der Waals surface area contributed by atoms with Crippen molar-refractivity contribution in [1.29, 1.82) is 0 Å². The number of rotatable bonds is 4. The Morgan fingerprint density at radius 2 is 2.12 bits per heavy atom. The second kappa shape index (κ2) is 8.95. The van der Waals surface area contributed by atoms with E-state index in [0.717, 1.165) is 0 Å². The first-order valence-corrected chi connectivity index (χ1v) is 10.8. The molecule has 0 aliphatic carbocycles. The molecule has 3 atom stereocenters. The molecule has 4 rings (SSSR count). The number of carbonyl (C=O) groups is 2. The first-order chi connectivity index (χ1) is 15.7. The predicted molar refractivity (Wildman–Crippen MR) is 117 cm³/mol. The minimum atomic E-state index is -0.615. The molecule has 3 fully saturated rings. The summed E-state index contributed by atoms with van der Waals surface area (Å²) in [4.78, 5) is 32.2. The number of anilines is 2. The summed E-state index contributed by atoms with van der Waals surface area (Å²) >= 11 is 0. The van der Waals surface area contributed by atoms with Gasteiger partial charge in [0.05, 0.1) is 49.8 Å². The average Bonchev–Trinajstić information content (AvgIpc) is 3.34. The molecule has 3 aliphatic rings. The van der Waals surface area contributed by atoms with Gasteiger partial charge in [-0.15, -0.1) is 0 Å². The number of benzene rings is 1. The maximum atomic E-state index is 15.2. The maximum absolute atomic E-state index is 15.2. The van der Waals surface area contributed by atoms with E-state index >= 15 is 4.39 Å². The highest BCUT2D eigenvalue weighted by Crippen LogP contribution is 2.33. The topological polar surface area (TPSA) is 120 Å². The standard InChI is InChI=1S/C21H27FN6O5/c1-21(2,3)33-19(29)26-11-17-18(12-26)31-7-6-27(17)16-5-4-13(8-15(16)22)28-10-14(9-24-25-23)32-20(28)30/h4-5,8,14,17-18H,6-7,9-12H2,1-3H3. The highest BCUT2D eigenvalue weighted by Gasteiger charge is 2.44. The molecule has 12 heteroatoms. The predicted octanol–water partition coefficient (Wildman–Crippen LogP) is 3.29. The molecule has 0 radical (unpaired) electrons. The second-order valence-electron chi connectivity index (χ2n) is 9.22. The molecule has 0 bridgehead atoms. The number of likely N-dealkylation sites (tertiary alicyclic amines) is 1. The van der Waals surface area contributed by atoms with Crippen LogP contribution in [-0.4, -0.2) is 80.3 Å². The van der Waals surface area contributed by atoms with Crippen molar-refractivity contribution < 1.29 is 28.2 Å². The molecule has 0 aromatic heterocycles. The van der Waals surface area contributed by atoms with Crippen molar-refractivity contribution >= 4 is 23.6 Å². The van der Waals surface area contributed by atoms with Crippen LogP contribution in [0.4, 0.5) is 25.4 Å². The van der Waals surface area contributed by atoms with Crippen LogP contribution >= 0.6 is 0 Å². The van der Waals surface area contributed by atoms with Crippen LogP contribution in [0, 0.1) is 5.82 Å². The molecule has 33 heavy (non-hydrogen) atoms. The third kappa shape index (κ3) is 4.91. The van der Waals surface area contributed by atoms with Gasteiger partial charge in [0, 0.05) is 18.0 Å². The van der Waals surface area contributed by atoms with Crippen LogP contribution < -0.4 is 9.80 Å². The minimum Gasteiger partial charge on any atom is -0.444 e. The SMILES string of the molecule is CC(C)(C)OC(=O)N1CC2OCCN(c3ccc(N4CC(CN=[N+]=[N-])OC4=O)cc3F)C2C1. The lowest BCUT2D eigenvalue weighted by Gasteiger charge is -2.38. The van der Waals surface area contributed by atoms with Gasteiger partial charge in [0.2, 0.25) is 0 Å². The maximum Gasteiger partial charge on any atom is 0.414 e. The fourth-order valence-corrected chi connectivity index (χ4v) is 4.31. The summed E-state index contributed by atoms with van der Waals surface area (Å²) in [5, 5.41) is 3.43. The zero-order chi connectivity index (χ0) is 23.8.